The fourth-order valence-electron chi connectivity index (χ4n) is 3.69. The van der Waals surface area contributed by atoms with Crippen molar-refractivity contribution in [1.82, 2.24) is 10.2 Å². The van der Waals surface area contributed by atoms with Crippen molar-refractivity contribution in [3.63, 3.8) is 0 Å². The Bertz CT molecular complexity index is 224. The van der Waals surface area contributed by atoms with Crippen LogP contribution in [0.25, 0.3) is 0 Å². The van der Waals surface area contributed by atoms with Crippen LogP contribution in [-0.2, 0) is 0 Å². The molecule has 106 valence electrons. The molecule has 0 aromatic carbocycles. The molecule has 0 spiro atoms. The van der Waals surface area contributed by atoms with Gasteiger partial charge in [0.1, 0.15) is 0 Å². The van der Waals surface area contributed by atoms with Crippen molar-refractivity contribution in [3.8, 4) is 0 Å². The van der Waals surface area contributed by atoms with E-state index in [1.54, 1.807) is 0 Å². The van der Waals surface area contributed by atoms with E-state index in [1.807, 2.05) is 0 Å². The van der Waals surface area contributed by atoms with E-state index in [2.05, 4.69) is 24.2 Å². The van der Waals surface area contributed by atoms with Crippen LogP contribution in [-0.4, -0.2) is 37.6 Å². The highest BCUT2D eigenvalue weighted by Crippen LogP contribution is 2.39. The number of nitrogens with one attached hydrogen (secondary N) is 1. The normalized spacial score (nSPS) is 23.5. The molecule has 0 aromatic heterocycles. The van der Waals surface area contributed by atoms with Crippen LogP contribution in [0.4, 0.5) is 0 Å². The molecule has 18 heavy (non-hydrogen) atoms. The Balaban J connectivity index is 1.91. The van der Waals surface area contributed by atoms with Gasteiger partial charge in [-0.25, -0.2) is 0 Å². The van der Waals surface area contributed by atoms with Gasteiger partial charge < -0.3 is 5.32 Å². The molecule has 0 aliphatic heterocycles. The Morgan fingerprint density at radius 3 is 2.44 bits per heavy atom. The summed E-state index contributed by atoms with van der Waals surface area (Å²) in [6.07, 6.45) is 12.9. The van der Waals surface area contributed by atoms with Crippen molar-refractivity contribution in [1.29, 1.82) is 0 Å². The molecule has 0 bridgehead atoms. The molecule has 0 atom stereocenters. The monoisotopic (exact) mass is 252 g/mol. The first-order valence-corrected chi connectivity index (χ1v) is 8.18. The van der Waals surface area contributed by atoms with Gasteiger partial charge in [0.05, 0.1) is 0 Å². The van der Waals surface area contributed by atoms with Gasteiger partial charge in [-0.1, -0.05) is 32.6 Å². The van der Waals surface area contributed by atoms with Gasteiger partial charge in [-0.3, -0.25) is 4.90 Å². The number of hydrogen-bond donors (Lipinski definition) is 1. The van der Waals surface area contributed by atoms with Crippen LogP contribution in [0.3, 0.4) is 0 Å². The summed E-state index contributed by atoms with van der Waals surface area (Å²) in [5.74, 6) is 0. The molecular formula is C16H32N2. The van der Waals surface area contributed by atoms with Gasteiger partial charge in [-0.05, 0) is 51.1 Å². The first-order valence-electron chi connectivity index (χ1n) is 8.18. The molecule has 2 aliphatic rings. The molecule has 0 radical (unpaired) electrons. The Labute approximate surface area is 114 Å². The molecule has 1 N–H and O–H groups in total. The van der Waals surface area contributed by atoms with Crippen molar-refractivity contribution in [2.75, 3.05) is 26.7 Å². The Morgan fingerprint density at radius 1 is 1.17 bits per heavy atom. The predicted molar refractivity (Wildman–Crippen MR) is 78.9 cm³/mol. The lowest BCUT2D eigenvalue weighted by Crippen LogP contribution is -2.45. The third-order valence-corrected chi connectivity index (χ3v) is 4.87. The fraction of sp³-hybridized carbons (Fsp3) is 1.00. The molecule has 0 amide bonds. The zero-order valence-corrected chi connectivity index (χ0v) is 12.5. The van der Waals surface area contributed by atoms with E-state index in [0.717, 1.165) is 6.04 Å². The van der Waals surface area contributed by atoms with E-state index in [1.165, 1.54) is 77.4 Å². The van der Waals surface area contributed by atoms with Crippen LogP contribution < -0.4 is 5.32 Å². The maximum absolute atomic E-state index is 3.47. The van der Waals surface area contributed by atoms with Gasteiger partial charge in [-0.2, -0.15) is 0 Å². The summed E-state index contributed by atoms with van der Waals surface area (Å²) in [7, 11) is 2.13. The summed E-state index contributed by atoms with van der Waals surface area (Å²) in [5, 5.41) is 3.47. The molecule has 0 aromatic rings. The van der Waals surface area contributed by atoms with Crippen LogP contribution in [0.5, 0.6) is 0 Å². The van der Waals surface area contributed by atoms with Crippen molar-refractivity contribution in [2.45, 2.75) is 70.8 Å². The largest absolute Gasteiger partial charge is 0.319 e. The van der Waals surface area contributed by atoms with Crippen LogP contribution in [0.15, 0.2) is 0 Å². The smallest absolute Gasteiger partial charge is 0.00966 e. The van der Waals surface area contributed by atoms with Gasteiger partial charge in [0.2, 0.25) is 0 Å². The highest BCUT2D eigenvalue weighted by atomic mass is 15.2. The lowest BCUT2D eigenvalue weighted by atomic mass is 9.73. The SMILES string of the molecule is CCCCN(CC1(CNC)CCCCC1)C1CC1. The minimum Gasteiger partial charge on any atom is -0.319 e. The summed E-state index contributed by atoms with van der Waals surface area (Å²) < 4.78 is 0. The van der Waals surface area contributed by atoms with Gasteiger partial charge in [0.15, 0.2) is 0 Å². The zero-order chi connectivity index (χ0) is 12.8. The van der Waals surface area contributed by atoms with Crippen LogP contribution in [0.2, 0.25) is 0 Å². The highest BCUT2D eigenvalue weighted by molar-refractivity contribution is 4.92. The van der Waals surface area contributed by atoms with Gasteiger partial charge in [-0.15, -0.1) is 0 Å². The standard InChI is InChI=1S/C16H32N2/c1-3-4-12-18(15-8-9-15)14-16(13-17-2)10-6-5-7-11-16/h15,17H,3-14H2,1-2H3. The third kappa shape index (κ3) is 3.96. The highest BCUT2D eigenvalue weighted by Gasteiger charge is 2.37. The number of nitrogens with zero attached hydrogens (tertiary/aromatic N) is 1. The molecule has 2 heteroatoms. The molecule has 0 unspecified atom stereocenters. The Morgan fingerprint density at radius 2 is 1.89 bits per heavy atom. The maximum Gasteiger partial charge on any atom is 0.00966 e. The maximum atomic E-state index is 3.47. The van der Waals surface area contributed by atoms with E-state index >= 15 is 0 Å². The summed E-state index contributed by atoms with van der Waals surface area (Å²) in [6.45, 7) is 6.24. The predicted octanol–water partition coefficient (Wildman–Crippen LogP) is 3.42. The van der Waals surface area contributed by atoms with Crippen molar-refractivity contribution < 1.29 is 0 Å². The average molecular weight is 252 g/mol. The number of rotatable bonds is 8. The minimum atomic E-state index is 0.587. The molecule has 0 saturated heterocycles. The minimum absolute atomic E-state index is 0.587. The number of unbranched alkanes of at least 4 members (excludes halogenated alkanes) is 1. The summed E-state index contributed by atoms with van der Waals surface area (Å²) >= 11 is 0. The van der Waals surface area contributed by atoms with E-state index < -0.39 is 0 Å². The lowest BCUT2D eigenvalue weighted by Gasteiger charge is -2.41. The van der Waals surface area contributed by atoms with Crippen LogP contribution >= 0.6 is 0 Å². The van der Waals surface area contributed by atoms with Crippen molar-refractivity contribution in [2.24, 2.45) is 5.41 Å². The summed E-state index contributed by atoms with van der Waals surface area (Å²) in [4.78, 5) is 2.83. The summed E-state index contributed by atoms with van der Waals surface area (Å²) in [5.41, 5.74) is 0.587. The topological polar surface area (TPSA) is 15.3 Å². The molecule has 0 heterocycles. The average Bonchev–Trinajstić information content (AvgIpc) is 3.20. The van der Waals surface area contributed by atoms with Crippen molar-refractivity contribution in [3.05, 3.63) is 0 Å². The van der Waals surface area contributed by atoms with Gasteiger partial charge in [0.25, 0.3) is 0 Å². The van der Waals surface area contributed by atoms with Gasteiger partial charge >= 0.3 is 0 Å². The Hall–Kier alpha value is -0.0800. The van der Waals surface area contributed by atoms with E-state index in [9.17, 15) is 0 Å². The number of hydrogen-bond acceptors (Lipinski definition) is 2. The second-order valence-corrected chi connectivity index (χ2v) is 6.65. The first kappa shape index (κ1) is 14.3. The third-order valence-electron chi connectivity index (χ3n) is 4.87. The molecule has 2 nitrogen and oxygen atoms in total. The molecule has 2 fully saturated rings. The first-order chi connectivity index (χ1) is 8.79. The molecular weight excluding hydrogens is 220 g/mol. The second kappa shape index (κ2) is 6.91. The summed E-state index contributed by atoms with van der Waals surface area (Å²) in [6, 6.07) is 0.937. The fourth-order valence-corrected chi connectivity index (χ4v) is 3.69. The van der Waals surface area contributed by atoms with Crippen molar-refractivity contribution >= 4 is 0 Å². The van der Waals surface area contributed by atoms with E-state index in [0.29, 0.717) is 5.41 Å². The molecule has 2 rings (SSSR count). The second-order valence-electron chi connectivity index (χ2n) is 6.65. The molecule has 2 saturated carbocycles. The zero-order valence-electron chi connectivity index (χ0n) is 12.5. The molecule has 2 aliphatic carbocycles. The Kier molecular flexibility index (Phi) is 5.50. The van der Waals surface area contributed by atoms with E-state index in [4.69, 9.17) is 0 Å². The lowest BCUT2D eigenvalue weighted by molar-refractivity contribution is 0.0980. The van der Waals surface area contributed by atoms with E-state index in [-0.39, 0.29) is 0 Å². The quantitative estimate of drug-likeness (QED) is 0.712. The van der Waals surface area contributed by atoms with Crippen LogP contribution in [0.1, 0.15) is 64.7 Å². The van der Waals surface area contributed by atoms with Crippen LogP contribution in [0, 0.1) is 5.41 Å². The van der Waals surface area contributed by atoms with Gasteiger partial charge in [0, 0.05) is 19.1 Å².